The lowest BCUT2D eigenvalue weighted by atomic mass is 10.1. The van der Waals surface area contributed by atoms with Gasteiger partial charge in [0.1, 0.15) is 0 Å². The number of hydrogen-bond acceptors (Lipinski definition) is 4. The number of rotatable bonds is 4. The molecule has 0 saturated carbocycles. The van der Waals surface area contributed by atoms with Gasteiger partial charge in [-0.1, -0.05) is 18.2 Å². The summed E-state index contributed by atoms with van der Waals surface area (Å²) in [5.74, 6) is 0.757. The summed E-state index contributed by atoms with van der Waals surface area (Å²) in [6.45, 7) is 2.39. The molecule has 6 heteroatoms. The molecule has 3 rings (SSSR count). The highest BCUT2D eigenvalue weighted by Gasteiger charge is 2.13. The monoisotopic (exact) mass is 311 g/mol. The van der Waals surface area contributed by atoms with Gasteiger partial charge in [0, 0.05) is 25.0 Å². The van der Waals surface area contributed by atoms with Gasteiger partial charge < -0.3 is 15.5 Å². The van der Waals surface area contributed by atoms with Crippen molar-refractivity contribution in [2.45, 2.75) is 25.8 Å². The van der Waals surface area contributed by atoms with Gasteiger partial charge in [-0.3, -0.25) is 0 Å². The van der Waals surface area contributed by atoms with Crippen LogP contribution in [0.5, 0.6) is 0 Å². The van der Waals surface area contributed by atoms with Crippen LogP contribution in [0, 0.1) is 0 Å². The summed E-state index contributed by atoms with van der Waals surface area (Å²) < 4.78 is 0. The Kier molecular flexibility index (Phi) is 5.03. The maximum Gasteiger partial charge on any atom is 0.319 e. The largest absolute Gasteiger partial charge is 0.341 e. The minimum Gasteiger partial charge on any atom is -0.341 e. The van der Waals surface area contributed by atoms with E-state index >= 15 is 0 Å². The topological polar surface area (TPSA) is 70.2 Å². The highest BCUT2D eigenvalue weighted by atomic mass is 16.2. The van der Waals surface area contributed by atoms with Gasteiger partial charge in [-0.05, 0) is 37.5 Å². The van der Waals surface area contributed by atoms with E-state index < -0.39 is 0 Å². The number of nitrogens with one attached hydrogen (secondary N) is 2. The number of urea groups is 1. The first-order valence-corrected chi connectivity index (χ1v) is 7.98. The van der Waals surface area contributed by atoms with Crippen LogP contribution in [-0.4, -0.2) is 29.1 Å². The smallest absolute Gasteiger partial charge is 0.319 e. The van der Waals surface area contributed by atoms with Crippen LogP contribution in [0.15, 0.2) is 42.6 Å². The SMILES string of the molecule is O=C(NCc1ccnc(N2CCCCC2)n1)Nc1ccccc1. The number of hydrogen-bond donors (Lipinski definition) is 2. The fourth-order valence-corrected chi connectivity index (χ4v) is 2.60. The van der Waals surface area contributed by atoms with E-state index in [1.807, 2.05) is 36.4 Å². The molecule has 1 aromatic carbocycles. The van der Waals surface area contributed by atoms with Crippen molar-refractivity contribution in [3.63, 3.8) is 0 Å². The molecule has 0 aliphatic carbocycles. The molecular weight excluding hydrogens is 290 g/mol. The molecule has 2 aromatic rings. The molecule has 0 atom stereocenters. The second-order valence-electron chi connectivity index (χ2n) is 5.57. The van der Waals surface area contributed by atoms with Crippen molar-refractivity contribution < 1.29 is 4.79 Å². The average Bonchev–Trinajstić information content (AvgIpc) is 2.62. The fourth-order valence-electron chi connectivity index (χ4n) is 2.60. The number of carbonyl (C=O) groups excluding carboxylic acids is 1. The molecule has 0 bridgehead atoms. The van der Waals surface area contributed by atoms with E-state index in [0.29, 0.717) is 6.54 Å². The summed E-state index contributed by atoms with van der Waals surface area (Å²) in [5, 5.41) is 5.61. The molecule has 0 radical (unpaired) electrons. The van der Waals surface area contributed by atoms with Gasteiger partial charge in [0.05, 0.1) is 12.2 Å². The molecule has 6 nitrogen and oxygen atoms in total. The molecule has 1 saturated heterocycles. The molecule has 1 fully saturated rings. The molecule has 23 heavy (non-hydrogen) atoms. The first kappa shape index (κ1) is 15.3. The molecular formula is C17H21N5O. The van der Waals surface area contributed by atoms with E-state index in [2.05, 4.69) is 25.5 Å². The van der Waals surface area contributed by atoms with E-state index in [-0.39, 0.29) is 6.03 Å². The zero-order valence-electron chi connectivity index (χ0n) is 13.0. The number of carbonyl (C=O) groups is 1. The maximum absolute atomic E-state index is 11.9. The average molecular weight is 311 g/mol. The summed E-state index contributed by atoms with van der Waals surface area (Å²) in [6.07, 6.45) is 5.40. The lowest BCUT2D eigenvalue weighted by Crippen LogP contribution is -2.32. The minimum absolute atomic E-state index is 0.241. The first-order chi connectivity index (χ1) is 11.3. The first-order valence-electron chi connectivity index (χ1n) is 7.98. The van der Waals surface area contributed by atoms with Crippen LogP contribution in [-0.2, 0) is 6.54 Å². The Bertz CT molecular complexity index is 640. The Morgan fingerprint density at radius 1 is 1.09 bits per heavy atom. The predicted molar refractivity (Wildman–Crippen MR) is 90.4 cm³/mol. The predicted octanol–water partition coefficient (Wildman–Crippen LogP) is 2.79. The van der Waals surface area contributed by atoms with E-state index in [1.54, 1.807) is 6.20 Å². The van der Waals surface area contributed by atoms with Crippen molar-refractivity contribution in [2.75, 3.05) is 23.3 Å². The van der Waals surface area contributed by atoms with E-state index in [0.717, 1.165) is 30.4 Å². The third-order valence-corrected chi connectivity index (χ3v) is 3.80. The Morgan fingerprint density at radius 3 is 2.65 bits per heavy atom. The maximum atomic E-state index is 11.9. The van der Waals surface area contributed by atoms with Crippen LogP contribution in [0.2, 0.25) is 0 Å². The molecule has 1 aliphatic rings. The van der Waals surface area contributed by atoms with Gasteiger partial charge in [0.2, 0.25) is 5.95 Å². The number of aromatic nitrogens is 2. The van der Waals surface area contributed by atoms with Crippen molar-refractivity contribution in [1.29, 1.82) is 0 Å². The van der Waals surface area contributed by atoms with Crippen LogP contribution in [0.1, 0.15) is 25.0 Å². The van der Waals surface area contributed by atoms with Gasteiger partial charge in [-0.15, -0.1) is 0 Å². The molecule has 120 valence electrons. The Morgan fingerprint density at radius 2 is 1.87 bits per heavy atom. The molecule has 2 amide bonds. The summed E-state index contributed by atoms with van der Waals surface area (Å²) in [6, 6.07) is 10.9. The summed E-state index contributed by atoms with van der Waals surface area (Å²) >= 11 is 0. The van der Waals surface area contributed by atoms with Crippen molar-refractivity contribution >= 4 is 17.7 Å². The van der Waals surface area contributed by atoms with Gasteiger partial charge in [0.25, 0.3) is 0 Å². The van der Waals surface area contributed by atoms with Gasteiger partial charge in [0.15, 0.2) is 0 Å². The van der Waals surface area contributed by atoms with Crippen molar-refractivity contribution in [3.05, 3.63) is 48.3 Å². The second-order valence-corrected chi connectivity index (χ2v) is 5.57. The molecule has 1 aliphatic heterocycles. The zero-order valence-corrected chi connectivity index (χ0v) is 13.0. The number of amides is 2. The highest BCUT2D eigenvalue weighted by Crippen LogP contribution is 2.15. The number of nitrogens with zero attached hydrogens (tertiary/aromatic N) is 3. The molecule has 2 heterocycles. The summed E-state index contributed by atoms with van der Waals surface area (Å²) in [7, 11) is 0. The van der Waals surface area contributed by atoms with Crippen molar-refractivity contribution in [1.82, 2.24) is 15.3 Å². The zero-order chi connectivity index (χ0) is 15.9. The quantitative estimate of drug-likeness (QED) is 0.911. The third-order valence-electron chi connectivity index (χ3n) is 3.80. The number of para-hydroxylation sites is 1. The van der Waals surface area contributed by atoms with Crippen molar-refractivity contribution in [3.8, 4) is 0 Å². The van der Waals surface area contributed by atoms with E-state index in [9.17, 15) is 4.79 Å². The second kappa shape index (κ2) is 7.58. The van der Waals surface area contributed by atoms with Crippen LogP contribution < -0.4 is 15.5 Å². The standard InChI is InChI=1S/C17H21N5O/c23-17(21-14-7-3-1-4-8-14)19-13-15-9-10-18-16(20-15)22-11-5-2-6-12-22/h1,3-4,7-10H,2,5-6,11-13H2,(H2,19,21,23). The molecule has 0 spiro atoms. The molecule has 1 aromatic heterocycles. The van der Waals surface area contributed by atoms with Gasteiger partial charge in [-0.2, -0.15) is 0 Å². The van der Waals surface area contributed by atoms with E-state index in [4.69, 9.17) is 0 Å². The Labute approximate surface area is 135 Å². The normalized spacial score (nSPS) is 14.3. The third kappa shape index (κ3) is 4.42. The summed E-state index contributed by atoms with van der Waals surface area (Å²) in [5.41, 5.74) is 1.57. The lowest BCUT2D eigenvalue weighted by molar-refractivity contribution is 0.251. The number of piperidine rings is 1. The number of anilines is 2. The van der Waals surface area contributed by atoms with Crippen molar-refractivity contribution in [2.24, 2.45) is 0 Å². The van der Waals surface area contributed by atoms with Crippen LogP contribution in [0.3, 0.4) is 0 Å². The van der Waals surface area contributed by atoms with Gasteiger partial charge >= 0.3 is 6.03 Å². The summed E-state index contributed by atoms with van der Waals surface area (Å²) in [4.78, 5) is 23.0. The minimum atomic E-state index is -0.241. The molecule has 2 N–H and O–H groups in total. The Balaban J connectivity index is 1.54. The fraction of sp³-hybridized carbons (Fsp3) is 0.353. The highest BCUT2D eigenvalue weighted by molar-refractivity contribution is 5.89. The Hall–Kier alpha value is -2.63. The lowest BCUT2D eigenvalue weighted by Gasteiger charge is -2.26. The number of benzene rings is 1. The molecule has 0 unspecified atom stereocenters. The van der Waals surface area contributed by atoms with E-state index in [1.165, 1.54) is 19.3 Å². The van der Waals surface area contributed by atoms with Gasteiger partial charge in [-0.25, -0.2) is 14.8 Å². The van der Waals surface area contributed by atoms with Crippen LogP contribution >= 0.6 is 0 Å². The van der Waals surface area contributed by atoms with Crippen LogP contribution in [0.4, 0.5) is 16.4 Å². The van der Waals surface area contributed by atoms with Crippen LogP contribution in [0.25, 0.3) is 0 Å².